The lowest BCUT2D eigenvalue weighted by Crippen LogP contribution is -2.51. The minimum atomic E-state index is -3.29. The van der Waals surface area contributed by atoms with Crippen molar-refractivity contribution in [3.05, 3.63) is 17.0 Å². The molecule has 20 heavy (non-hydrogen) atoms. The molecule has 0 saturated carbocycles. The molecule has 0 atom stereocenters. The van der Waals surface area contributed by atoms with E-state index in [-0.39, 0.29) is 0 Å². The second-order valence-electron chi connectivity index (χ2n) is 5.27. The summed E-state index contributed by atoms with van der Waals surface area (Å²) in [5.74, 6) is 0.839. The summed E-state index contributed by atoms with van der Waals surface area (Å²) in [6, 6.07) is 0. The molecule has 0 unspecified atom stereocenters. The summed E-state index contributed by atoms with van der Waals surface area (Å²) >= 11 is 0. The molecule has 8 heteroatoms. The monoisotopic (exact) mass is 302 g/mol. The van der Waals surface area contributed by atoms with E-state index >= 15 is 0 Å². The predicted molar refractivity (Wildman–Crippen MR) is 75.4 cm³/mol. The lowest BCUT2D eigenvalue weighted by Gasteiger charge is -2.35. The van der Waals surface area contributed by atoms with E-state index < -0.39 is 10.2 Å². The van der Waals surface area contributed by atoms with Gasteiger partial charge in [0.15, 0.2) is 0 Å². The molecule has 7 nitrogen and oxygen atoms in total. The van der Waals surface area contributed by atoms with E-state index in [1.807, 2.05) is 13.8 Å². The van der Waals surface area contributed by atoms with Crippen LogP contribution in [0.1, 0.15) is 17.0 Å². The van der Waals surface area contributed by atoms with Crippen molar-refractivity contribution in [2.24, 2.45) is 0 Å². The average molecular weight is 302 g/mol. The zero-order chi connectivity index (χ0) is 14.9. The van der Waals surface area contributed by atoms with Gasteiger partial charge >= 0.3 is 0 Å². The number of hydrogen-bond acceptors (Lipinski definition) is 5. The summed E-state index contributed by atoms with van der Waals surface area (Å²) in [5.41, 5.74) is 2.01. The Labute approximate surface area is 120 Å². The van der Waals surface area contributed by atoms with Gasteiger partial charge < -0.3 is 4.52 Å². The van der Waals surface area contributed by atoms with Gasteiger partial charge in [-0.05, 0) is 13.8 Å². The summed E-state index contributed by atoms with van der Waals surface area (Å²) in [6.45, 7) is 7.07. The summed E-state index contributed by atoms with van der Waals surface area (Å²) in [7, 11) is -0.170. The van der Waals surface area contributed by atoms with Gasteiger partial charge in [0.05, 0.1) is 5.69 Å². The molecule has 2 rings (SSSR count). The van der Waals surface area contributed by atoms with Gasteiger partial charge in [0.1, 0.15) is 5.76 Å². The standard InChI is InChI=1S/C12H22N4O3S/c1-10-12(11(2)19-13-10)9-15-5-7-16(8-6-15)20(17,18)14(3)4/h5-9H2,1-4H3. The van der Waals surface area contributed by atoms with Gasteiger partial charge in [-0.2, -0.15) is 17.0 Å². The Morgan fingerprint density at radius 1 is 1.20 bits per heavy atom. The van der Waals surface area contributed by atoms with Crippen molar-refractivity contribution in [2.45, 2.75) is 20.4 Å². The van der Waals surface area contributed by atoms with Crippen molar-refractivity contribution in [1.82, 2.24) is 18.7 Å². The van der Waals surface area contributed by atoms with E-state index in [1.54, 1.807) is 14.1 Å². The minimum Gasteiger partial charge on any atom is -0.361 e. The van der Waals surface area contributed by atoms with E-state index in [4.69, 9.17) is 4.52 Å². The maximum atomic E-state index is 12.0. The topological polar surface area (TPSA) is 69.9 Å². The molecule has 0 aromatic carbocycles. The zero-order valence-electron chi connectivity index (χ0n) is 12.5. The number of nitrogens with zero attached hydrogens (tertiary/aromatic N) is 4. The molecule has 0 N–H and O–H groups in total. The van der Waals surface area contributed by atoms with Gasteiger partial charge in [0.2, 0.25) is 0 Å². The fourth-order valence-electron chi connectivity index (χ4n) is 2.30. The molecule has 0 radical (unpaired) electrons. The smallest absolute Gasteiger partial charge is 0.281 e. The van der Waals surface area contributed by atoms with Crippen LogP contribution in [0.3, 0.4) is 0 Å². The van der Waals surface area contributed by atoms with Crippen molar-refractivity contribution in [1.29, 1.82) is 0 Å². The quantitative estimate of drug-likeness (QED) is 0.795. The normalized spacial score (nSPS) is 18.9. The summed E-state index contributed by atoms with van der Waals surface area (Å²) in [5, 5.41) is 3.94. The Bertz CT molecular complexity index is 540. The second-order valence-corrected chi connectivity index (χ2v) is 7.41. The van der Waals surface area contributed by atoms with E-state index in [9.17, 15) is 8.42 Å². The first-order valence-corrected chi connectivity index (χ1v) is 8.03. The molecule has 2 heterocycles. The molecule has 1 aliphatic heterocycles. The van der Waals surface area contributed by atoms with Gasteiger partial charge in [0, 0.05) is 52.4 Å². The van der Waals surface area contributed by atoms with Crippen molar-refractivity contribution < 1.29 is 12.9 Å². The van der Waals surface area contributed by atoms with Crippen LogP contribution >= 0.6 is 0 Å². The van der Waals surface area contributed by atoms with Gasteiger partial charge in [-0.15, -0.1) is 0 Å². The van der Waals surface area contributed by atoms with Crippen LogP contribution in [0.15, 0.2) is 4.52 Å². The Balaban J connectivity index is 1.96. The highest BCUT2D eigenvalue weighted by Gasteiger charge is 2.29. The molecule has 0 aliphatic carbocycles. The van der Waals surface area contributed by atoms with Crippen LogP contribution < -0.4 is 0 Å². The summed E-state index contributed by atoms with van der Waals surface area (Å²) in [6.07, 6.45) is 0. The van der Waals surface area contributed by atoms with Gasteiger partial charge in [-0.1, -0.05) is 5.16 Å². The lowest BCUT2D eigenvalue weighted by molar-refractivity contribution is 0.176. The van der Waals surface area contributed by atoms with Crippen molar-refractivity contribution >= 4 is 10.2 Å². The van der Waals surface area contributed by atoms with Crippen LogP contribution in [0.4, 0.5) is 0 Å². The molecular weight excluding hydrogens is 280 g/mol. The molecule has 0 amide bonds. The number of piperazine rings is 1. The van der Waals surface area contributed by atoms with E-state index in [1.165, 1.54) is 8.61 Å². The molecule has 1 saturated heterocycles. The Morgan fingerprint density at radius 2 is 1.80 bits per heavy atom. The highest BCUT2D eigenvalue weighted by atomic mass is 32.2. The second kappa shape index (κ2) is 5.80. The maximum absolute atomic E-state index is 12.0. The number of rotatable bonds is 4. The molecule has 1 aromatic heterocycles. The Morgan fingerprint density at radius 3 is 2.25 bits per heavy atom. The van der Waals surface area contributed by atoms with Crippen molar-refractivity contribution in [2.75, 3.05) is 40.3 Å². The Kier molecular flexibility index (Phi) is 4.48. The first-order chi connectivity index (χ1) is 9.32. The van der Waals surface area contributed by atoms with Gasteiger partial charge in [-0.3, -0.25) is 4.90 Å². The molecule has 1 aromatic rings. The third kappa shape index (κ3) is 3.03. The minimum absolute atomic E-state index is 0.518. The van der Waals surface area contributed by atoms with Gasteiger partial charge in [-0.25, -0.2) is 0 Å². The number of hydrogen-bond donors (Lipinski definition) is 0. The highest BCUT2D eigenvalue weighted by molar-refractivity contribution is 7.86. The molecular formula is C12H22N4O3S. The predicted octanol–water partition coefficient (Wildman–Crippen LogP) is 0.215. The van der Waals surface area contributed by atoms with Crippen LogP contribution in [-0.2, 0) is 16.8 Å². The number of aromatic nitrogens is 1. The van der Waals surface area contributed by atoms with Crippen LogP contribution in [-0.4, -0.2) is 67.4 Å². The van der Waals surface area contributed by atoms with Crippen LogP contribution in [0.5, 0.6) is 0 Å². The highest BCUT2D eigenvalue weighted by Crippen LogP contribution is 2.17. The van der Waals surface area contributed by atoms with Gasteiger partial charge in [0.25, 0.3) is 10.2 Å². The zero-order valence-corrected chi connectivity index (χ0v) is 13.3. The fourth-order valence-corrected chi connectivity index (χ4v) is 3.39. The average Bonchev–Trinajstić information content (AvgIpc) is 2.71. The van der Waals surface area contributed by atoms with Crippen LogP contribution in [0.2, 0.25) is 0 Å². The molecule has 1 aliphatic rings. The largest absolute Gasteiger partial charge is 0.361 e. The SMILES string of the molecule is Cc1noc(C)c1CN1CCN(S(=O)(=O)N(C)C)CC1. The number of aryl methyl sites for hydroxylation is 2. The molecule has 1 fully saturated rings. The van der Waals surface area contributed by atoms with Crippen LogP contribution in [0.25, 0.3) is 0 Å². The summed E-state index contributed by atoms with van der Waals surface area (Å²) in [4.78, 5) is 2.23. The first kappa shape index (κ1) is 15.4. The fraction of sp³-hybridized carbons (Fsp3) is 0.750. The van der Waals surface area contributed by atoms with Crippen molar-refractivity contribution in [3.8, 4) is 0 Å². The molecule has 114 valence electrons. The molecule has 0 bridgehead atoms. The lowest BCUT2D eigenvalue weighted by atomic mass is 10.2. The van der Waals surface area contributed by atoms with E-state index in [0.717, 1.165) is 36.7 Å². The maximum Gasteiger partial charge on any atom is 0.281 e. The van der Waals surface area contributed by atoms with Crippen molar-refractivity contribution in [3.63, 3.8) is 0 Å². The third-order valence-electron chi connectivity index (χ3n) is 3.68. The molecule has 0 spiro atoms. The van der Waals surface area contributed by atoms with E-state index in [2.05, 4.69) is 10.1 Å². The third-order valence-corrected chi connectivity index (χ3v) is 5.62. The first-order valence-electron chi connectivity index (χ1n) is 6.64. The van der Waals surface area contributed by atoms with E-state index in [0.29, 0.717) is 13.1 Å². The summed E-state index contributed by atoms with van der Waals surface area (Å²) < 4.78 is 32.0. The Hall–Kier alpha value is -0.960. The van der Waals surface area contributed by atoms with Crippen LogP contribution in [0, 0.1) is 13.8 Å².